The van der Waals surface area contributed by atoms with Crippen LogP contribution in [0.1, 0.15) is 31.5 Å². The van der Waals surface area contributed by atoms with Gasteiger partial charge in [0.1, 0.15) is 0 Å². The lowest BCUT2D eigenvalue weighted by molar-refractivity contribution is 0.252. The Kier molecular flexibility index (Phi) is 5.71. The first-order valence-corrected chi connectivity index (χ1v) is 7.87. The molecule has 3 nitrogen and oxygen atoms in total. The van der Waals surface area contributed by atoms with Gasteiger partial charge in [-0.3, -0.25) is 4.98 Å². The summed E-state index contributed by atoms with van der Waals surface area (Å²) in [4.78, 5) is 6.94. The Hall–Kier alpha value is -1.45. The van der Waals surface area contributed by atoms with Crippen LogP contribution in [0.15, 0.2) is 30.3 Å². The van der Waals surface area contributed by atoms with Gasteiger partial charge in [-0.15, -0.1) is 0 Å². The number of nitrogens with zero attached hydrogens (tertiary/aromatic N) is 2. The number of benzene rings is 1. The van der Waals surface area contributed by atoms with Crippen molar-refractivity contribution in [2.45, 2.75) is 39.8 Å². The Morgan fingerprint density at radius 1 is 1.24 bits per heavy atom. The maximum atomic E-state index is 4.54. The molecule has 0 radical (unpaired) electrons. The third kappa shape index (κ3) is 4.51. The minimum atomic E-state index is 0.654. The lowest BCUT2D eigenvalue weighted by atomic mass is 10.1. The molecule has 0 aliphatic rings. The highest BCUT2D eigenvalue weighted by Crippen LogP contribution is 2.14. The molecule has 2 rings (SSSR count). The largest absolute Gasteiger partial charge is 0.311 e. The molecule has 1 aromatic heterocycles. The first kappa shape index (κ1) is 15.9. The van der Waals surface area contributed by atoms with Crippen LogP contribution in [-0.2, 0) is 6.54 Å². The number of rotatable bonds is 7. The van der Waals surface area contributed by atoms with Crippen molar-refractivity contribution < 1.29 is 0 Å². The minimum Gasteiger partial charge on any atom is -0.311 e. The summed E-state index contributed by atoms with van der Waals surface area (Å²) < 4.78 is 0. The molecule has 0 saturated carbocycles. The molecule has 2 aromatic rings. The zero-order valence-electron chi connectivity index (χ0n) is 13.7. The van der Waals surface area contributed by atoms with E-state index in [0.29, 0.717) is 6.04 Å². The number of fused-ring (bicyclic) bond motifs is 1. The van der Waals surface area contributed by atoms with Crippen molar-refractivity contribution in [1.29, 1.82) is 0 Å². The zero-order chi connectivity index (χ0) is 15.2. The van der Waals surface area contributed by atoms with E-state index >= 15 is 0 Å². The van der Waals surface area contributed by atoms with Gasteiger partial charge in [-0.05, 0) is 51.1 Å². The van der Waals surface area contributed by atoms with Crippen molar-refractivity contribution >= 4 is 10.9 Å². The minimum absolute atomic E-state index is 0.654. The van der Waals surface area contributed by atoms with Gasteiger partial charge < -0.3 is 10.2 Å². The molecule has 1 unspecified atom stereocenters. The van der Waals surface area contributed by atoms with Crippen LogP contribution in [0.2, 0.25) is 0 Å². The van der Waals surface area contributed by atoms with Crippen molar-refractivity contribution in [3.05, 3.63) is 41.6 Å². The Morgan fingerprint density at radius 3 is 2.81 bits per heavy atom. The molecule has 114 valence electrons. The van der Waals surface area contributed by atoms with Crippen molar-refractivity contribution in [1.82, 2.24) is 15.2 Å². The predicted octanol–water partition coefficient (Wildman–Crippen LogP) is 3.36. The number of aryl methyl sites for hydroxylation is 1. The van der Waals surface area contributed by atoms with E-state index in [-0.39, 0.29) is 0 Å². The van der Waals surface area contributed by atoms with Gasteiger partial charge in [-0.1, -0.05) is 19.1 Å². The number of pyridine rings is 1. The van der Waals surface area contributed by atoms with E-state index in [1.54, 1.807) is 0 Å². The molecule has 0 spiro atoms. The lowest BCUT2D eigenvalue weighted by Crippen LogP contribution is -2.34. The SMILES string of the molecule is CCC(C)N(C)CCNCc1ccc2nc(C)ccc2c1. The molecule has 1 N–H and O–H groups in total. The summed E-state index contributed by atoms with van der Waals surface area (Å²) >= 11 is 0. The van der Waals surface area contributed by atoms with Crippen molar-refractivity contribution in [2.75, 3.05) is 20.1 Å². The number of aromatic nitrogens is 1. The maximum Gasteiger partial charge on any atom is 0.0705 e. The summed E-state index contributed by atoms with van der Waals surface area (Å²) in [5.41, 5.74) is 3.47. The van der Waals surface area contributed by atoms with Crippen LogP contribution in [0.5, 0.6) is 0 Å². The molecule has 0 amide bonds. The van der Waals surface area contributed by atoms with Crippen LogP contribution < -0.4 is 5.32 Å². The number of hydrogen-bond acceptors (Lipinski definition) is 3. The number of likely N-dealkylation sites (N-methyl/N-ethyl adjacent to an activating group) is 1. The Morgan fingerprint density at radius 2 is 2.05 bits per heavy atom. The van der Waals surface area contributed by atoms with E-state index in [2.05, 4.69) is 66.4 Å². The highest BCUT2D eigenvalue weighted by atomic mass is 15.1. The smallest absolute Gasteiger partial charge is 0.0705 e. The van der Waals surface area contributed by atoms with Crippen LogP contribution >= 0.6 is 0 Å². The highest BCUT2D eigenvalue weighted by molar-refractivity contribution is 5.79. The van der Waals surface area contributed by atoms with Gasteiger partial charge in [0.05, 0.1) is 5.52 Å². The lowest BCUT2D eigenvalue weighted by Gasteiger charge is -2.23. The van der Waals surface area contributed by atoms with Crippen molar-refractivity contribution in [2.24, 2.45) is 0 Å². The summed E-state index contributed by atoms with van der Waals surface area (Å²) in [5, 5.41) is 4.74. The Labute approximate surface area is 128 Å². The summed E-state index contributed by atoms with van der Waals surface area (Å²) in [7, 11) is 2.19. The molecule has 1 heterocycles. The van der Waals surface area contributed by atoms with Crippen LogP contribution in [0, 0.1) is 6.92 Å². The fraction of sp³-hybridized carbons (Fsp3) is 0.500. The van der Waals surface area contributed by atoms with E-state index < -0.39 is 0 Å². The van der Waals surface area contributed by atoms with Crippen LogP contribution in [0.25, 0.3) is 10.9 Å². The van der Waals surface area contributed by atoms with E-state index in [4.69, 9.17) is 0 Å². The summed E-state index contributed by atoms with van der Waals surface area (Å²) in [6.07, 6.45) is 1.20. The second-order valence-electron chi connectivity index (χ2n) is 5.89. The summed E-state index contributed by atoms with van der Waals surface area (Å²) in [6, 6.07) is 11.4. The molecule has 0 bridgehead atoms. The third-order valence-electron chi connectivity index (χ3n) is 4.21. The van der Waals surface area contributed by atoms with E-state index in [1.165, 1.54) is 17.4 Å². The highest BCUT2D eigenvalue weighted by Gasteiger charge is 2.05. The molecular formula is C18H27N3. The van der Waals surface area contributed by atoms with E-state index in [0.717, 1.165) is 30.8 Å². The molecular weight excluding hydrogens is 258 g/mol. The third-order valence-corrected chi connectivity index (χ3v) is 4.21. The topological polar surface area (TPSA) is 28.2 Å². The van der Waals surface area contributed by atoms with Gasteiger partial charge >= 0.3 is 0 Å². The monoisotopic (exact) mass is 285 g/mol. The van der Waals surface area contributed by atoms with Crippen LogP contribution in [0.4, 0.5) is 0 Å². The normalized spacial score (nSPS) is 13.0. The molecule has 1 atom stereocenters. The second-order valence-corrected chi connectivity index (χ2v) is 5.89. The van der Waals surface area contributed by atoms with Crippen LogP contribution in [0.3, 0.4) is 0 Å². The maximum absolute atomic E-state index is 4.54. The molecule has 0 aliphatic heterocycles. The average molecular weight is 285 g/mol. The molecule has 21 heavy (non-hydrogen) atoms. The quantitative estimate of drug-likeness (QED) is 0.791. The molecule has 0 fully saturated rings. The fourth-order valence-corrected chi connectivity index (χ4v) is 2.41. The van der Waals surface area contributed by atoms with Gasteiger partial charge in [0.2, 0.25) is 0 Å². The van der Waals surface area contributed by atoms with Gasteiger partial charge in [-0.2, -0.15) is 0 Å². The molecule has 0 aliphatic carbocycles. The van der Waals surface area contributed by atoms with Gasteiger partial charge in [0.25, 0.3) is 0 Å². The fourth-order valence-electron chi connectivity index (χ4n) is 2.41. The first-order chi connectivity index (χ1) is 10.1. The van der Waals surface area contributed by atoms with Crippen molar-refractivity contribution in [3.8, 4) is 0 Å². The second kappa shape index (κ2) is 7.53. The Bertz CT molecular complexity index is 580. The standard InChI is InChI=1S/C18H27N3/c1-5-15(3)21(4)11-10-19-13-16-7-9-18-17(12-16)8-6-14(2)20-18/h6-9,12,15,19H,5,10-11,13H2,1-4H3. The Balaban J connectivity index is 1.85. The molecule has 3 heteroatoms. The average Bonchev–Trinajstić information content (AvgIpc) is 2.50. The van der Waals surface area contributed by atoms with E-state index in [1.807, 2.05) is 6.92 Å². The summed E-state index contributed by atoms with van der Waals surface area (Å²) in [5.74, 6) is 0. The molecule has 1 aromatic carbocycles. The zero-order valence-corrected chi connectivity index (χ0v) is 13.7. The molecule has 0 saturated heterocycles. The van der Waals surface area contributed by atoms with Crippen LogP contribution in [-0.4, -0.2) is 36.1 Å². The number of nitrogens with one attached hydrogen (secondary N) is 1. The van der Waals surface area contributed by atoms with Gasteiger partial charge in [0.15, 0.2) is 0 Å². The predicted molar refractivity (Wildman–Crippen MR) is 90.6 cm³/mol. The van der Waals surface area contributed by atoms with Gasteiger partial charge in [0, 0.05) is 36.8 Å². The van der Waals surface area contributed by atoms with Gasteiger partial charge in [-0.25, -0.2) is 0 Å². The number of hydrogen-bond donors (Lipinski definition) is 1. The van der Waals surface area contributed by atoms with E-state index in [9.17, 15) is 0 Å². The summed E-state index contributed by atoms with van der Waals surface area (Å²) in [6.45, 7) is 9.56. The first-order valence-electron chi connectivity index (χ1n) is 7.87. The van der Waals surface area contributed by atoms with Crippen molar-refractivity contribution in [3.63, 3.8) is 0 Å².